The number of benzene rings is 1. The van der Waals surface area contributed by atoms with E-state index in [1.807, 2.05) is 38.1 Å². The van der Waals surface area contributed by atoms with Gasteiger partial charge in [0.05, 0.1) is 0 Å². The second-order valence-corrected chi connectivity index (χ2v) is 4.98. The van der Waals surface area contributed by atoms with Crippen LogP contribution in [0.2, 0.25) is 0 Å². The number of para-hydroxylation sites is 1. The fraction of sp³-hybridized carbons (Fsp3) is 0.231. The van der Waals surface area contributed by atoms with Gasteiger partial charge in [0.25, 0.3) is 0 Å². The standard InChI is InChI=1S/C13H18N4S2/c1-9(2)8-14-12(18)16-17-13(19)15-11-7-5-4-6-10(11)3/h4-7H,1,8H2,2-3H3,(H2,14,16,18)(H2,15,17,19). The van der Waals surface area contributed by atoms with Gasteiger partial charge in [0.15, 0.2) is 10.2 Å². The highest BCUT2D eigenvalue weighted by molar-refractivity contribution is 7.80. The maximum absolute atomic E-state index is 5.16. The zero-order valence-electron chi connectivity index (χ0n) is 11.0. The van der Waals surface area contributed by atoms with Gasteiger partial charge in [-0.25, -0.2) is 0 Å². The normalized spacial score (nSPS) is 9.37. The molecule has 0 aliphatic rings. The summed E-state index contributed by atoms with van der Waals surface area (Å²) < 4.78 is 0. The van der Waals surface area contributed by atoms with Crippen molar-refractivity contribution < 1.29 is 0 Å². The monoisotopic (exact) mass is 294 g/mol. The lowest BCUT2D eigenvalue weighted by molar-refractivity contribution is 0.831. The summed E-state index contributed by atoms with van der Waals surface area (Å²) in [5.74, 6) is 0. The summed E-state index contributed by atoms with van der Waals surface area (Å²) in [4.78, 5) is 0. The first kappa shape index (κ1) is 15.4. The maximum Gasteiger partial charge on any atom is 0.189 e. The minimum Gasteiger partial charge on any atom is -0.358 e. The van der Waals surface area contributed by atoms with Gasteiger partial charge in [-0.05, 0) is 49.9 Å². The van der Waals surface area contributed by atoms with Crippen LogP contribution in [-0.2, 0) is 0 Å². The van der Waals surface area contributed by atoms with Crippen LogP contribution in [-0.4, -0.2) is 16.8 Å². The van der Waals surface area contributed by atoms with E-state index in [0.29, 0.717) is 16.8 Å². The third-order valence-corrected chi connectivity index (χ3v) is 2.68. The first-order valence-corrected chi connectivity index (χ1v) is 6.61. The maximum atomic E-state index is 5.16. The first-order valence-electron chi connectivity index (χ1n) is 5.80. The molecule has 102 valence electrons. The molecule has 0 saturated heterocycles. The molecule has 0 fully saturated rings. The molecule has 4 N–H and O–H groups in total. The molecule has 0 saturated carbocycles. The summed E-state index contributed by atoms with van der Waals surface area (Å²) in [5, 5.41) is 6.99. The van der Waals surface area contributed by atoms with Gasteiger partial charge in [0.1, 0.15) is 0 Å². The zero-order chi connectivity index (χ0) is 14.3. The third-order valence-electron chi connectivity index (χ3n) is 2.23. The molecule has 0 spiro atoms. The van der Waals surface area contributed by atoms with Crippen molar-refractivity contribution in [2.75, 3.05) is 11.9 Å². The fourth-order valence-corrected chi connectivity index (χ4v) is 1.54. The van der Waals surface area contributed by atoms with E-state index in [2.05, 4.69) is 28.1 Å². The minimum absolute atomic E-state index is 0.453. The molecule has 19 heavy (non-hydrogen) atoms. The van der Waals surface area contributed by atoms with Crippen LogP contribution in [0.3, 0.4) is 0 Å². The molecule has 1 aromatic rings. The number of nitrogens with one attached hydrogen (secondary N) is 4. The molecule has 0 radical (unpaired) electrons. The predicted octanol–water partition coefficient (Wildman–Crippen LogP) is 2.24. The second kappa shape index (κ2) is 7.70. The van der Waals surface area contributed by atoms with Crippen molar-refractivity contribution >= 4 is 40.3 Å². The van der Waals surface area contributed by atoms with E-state index >= 15 is 0 Å². The van der Waals surface area contributed by atoms with Crippen LogP contribution in [0.1, 0.15) is 12.5 Å². The van der Waals surface area contributed by atoms with Crippen molar-refractivity contribution in [3.05, 3.63) is 42.0 Å². The highest BCUT2D eigenvalue weighted by Gasteiger charge is 2.00. The predicted molar refractivity (Wildman–Crippen MR) is 89.1 cm³/mol. The van der Waals surface area contributed by atoms with Gasteiger partial charge in [0, 0.05) is 12.2 Å². The summed E-state index contributed by atoms with van der Waals surface area (Å²) >= 11 is 10.2. The number of anilines is 1. The van der Waals surface area contributed by atoms with Crippen molar-refractivity contribution in [2.24, 2.45) is 0 Å². The Bertz CT molecular complexity index is 485. The van der Waals surface area contributed by atoms with E-state index in [1.54, 1.807) is 0 Å². The molecule has 1 aromatic carbocycles. The summed E-state index contributed by atoms with van der Waals surface area (Å²) in [6, 6.07) is 7.90. The van der Waals surface area contributed by atoms with Gasteiger partial charge < -0.3 is 10.6 Å². The van der Waals surface area contributed by atoms with Crippen LogP contribution < -0.4 is 21.5 Å². The van der Waals surface area contributed by atoms with Crippen LogP contribution in [0.25, 0.3) is 0 Å². The Balaban J connectivity index is 2.34. The van der Waals surface area contributed by atoms with Crippen molar-refractivity contribution in [3.8, 4) is 0 Å². The second-order valence-electron chi connectivity index (χ2n) is 4.16. The quantitative estimate of drug-likeness (QED) is 0.390. The summed E-state index contributed by atoms with van der Waals surface area (Å²) in [6.07, 6.45) is 0. The molecule has 0 atom stereocenters. The molecule has 6 heteroatoms. The van der Waals surface area contributed by atoms with Gasteiger partial charge in [-0.15, -0.1) is 0 Å². The third kappa shape index (κ3) is 6.17. The molecule has 0 heterocycles. The Morgan fingerprint density at radius 3 is 2.42 bits per heavy atom. The first-order chi connectivity index (χ1) is 8.99. The lowest BCUT2D eigenvalue weighted by Crippen LogP contribution is -2.48. The van der Waals surface area contributed by atoms with Crippen molar-refractivity contribution in [3.63, 3.8) is 0 Å². The molecular weight excluding hydrogens is 276 g/mol. The molecule has 0 aliphatic carbocycles. The van der Waals surface area contributed by atoms with Crippen LogP contribution in [0.15, 0.2) is 36.4 Å². The van der Waals surface area contributed by atoms with Gasteiger partial charge in [0.2, 0.25) is 0 Å². The molecule has 4 nitrogen and oxygen atoms in total. The van der Waals surface area contributed by atoms with Gasteiger partial charge in [-0.1, -0.05) is 30.4 Å². The SMILES string of the molecule is C=C(C)CNC(=S)NNC(=S)Nc1ccccc1C. The fourth-order valence-electron chi connectivity index (χ4n) is 1.26. The Morgan fingerprint density at radius 2 is 1.79 bits per heavy atom. The zero-order valence-corrected chi connectivity index (χ0v) is 12.7. The molecule has 0 bridgehead atoms. The van der Waals surface area contributed by atoms with Gasteiger partial charge in [-0.2, -0.15) is 0 Å². The average Bonchev–Trinajstić information content (AvgIpc) is 2.36. The highest BCUT2D eigenvalue weighted by atomic mass is 32.1. The van der Waals surface area contributed by atoms with E-state index in [1.165, 1.54) is 0 Å². The van der Waals surface area contributed by atoms with Crippen LogP contribution in [0.4, 0.5) is 5.69 Å². The molecule has 1 rings (SSSR count). The van der Waals surface area contributed by atoms with E-state index in [0.717, 1.165) is 16.8 Å². The molecule has 0 amide bonds. The number of hydrogen-bond acceptors (Lipinski definition) is 2. The number of rotatable bonds is 3. The number of hydrazine groups is 1. The van der Waals surface area contributed by atoms with Crippen molar-refractivity contribution in [1.82, 2.24) is 16.2 Å². The molecule has 0 unspecified atom stereocenters. The smallest absolute Gasteiger partial charge is 0.189 e. The molecule has 0 aliphatic heterocycles. The topological polar surface area (TPSA) is 48.1 Å². The lowest BCUT2D eigenvalue weighted by Gasteiger charge is -2.15. The molecular formula is C13H18N4S2. The van der Waals surface area contributed by atoms with Crippen LogP contribution in [0, 0.1) is 6.92 Å². The molecule has 0 aromatic heterocycles. The van der Waals surface area contributed by atoms with E-state index in [9.17, 15) is 0 Å². The van der Waals surface area contributed by atoms with E-state index < -0.39 is 0 Å². The number of aryl methyl sites for hydroxylation is 1. The Morgan fingerprint density at radius 1 is 1.16 bits per heavy atom. The van der Waals surface area contributed by atoms with Gasteiger partial charge in [-0.3, -0.25) is 10.9 Å². The van der Waals surface area contributed by atoms with Gasteiger partial charge >= 0.3 is 0 Å². The minimum atomic E-state index is 0.453. The number of thiocarbonyl (C=S) groups is 2. The Hall–Kier alpha value is -1.66. The largest absolute Gasteiger partial charge is 0.358 e. The average molecular weight is 294 g/mol. The summed E-state index contributed by atoms with van der Waals surface area (Å²) in [7, 11) is 0. The van der Waals surface area contributed by atoms with Crippen molar-refractivity contribution in [1.29, 1.82) is 0 Å². The summed E-state index contributed by atoms with van der Waals surface area (Å²) in [5.41, 5.74) is 8.71. The highest BCUT2D eigenvalue weighted by Crippen LogP contribution is 2.12. The summed E-state index contributed by atoms with van der Waals surface area (Å²) in [6.45, 7) is 8.35. The lowest BCUT2D eigenvalue weighted by atomic mass is 10.2. The number of hydrogen-bond donors (Lipinski definition) is 4. The Labute approximate surface area is 124 Å². The van der Waals surface area contributed by atoms with Crippen LogP contribution >= 0.6 is 24.4 Å². The van der Waals surface area contributed by atoms with Crippen molar-refractivity contribution in [2.45, 2.75) is 13.8 Å². The Kier molecular flexibility index (Phi) is 6.24. The van der Waals surface area contributed by atoms with E-state index in [-0.39, 0.29) is 0 Å². The van der Waals surface area contributed by atoms with E-state index in [4.69, 9.17) is 24.4 Å². The van der Waals surface area contributed by atoms with Crippen LogP contribution in [0.5, 0.6) is 0 Å².